The van der Waals surface area contributed by atoms with Crippen LogP contribution in [-0.2, 0) is 11.2 Å². The van der Waals surface area contributed by atoms with Crippen molar-refractivity contribution in [2.24, 2.45) is 0 Å². The number of benzene rings is 3. The molecule has 2 aliphatic rings. The van der Waals surface area contributed by atoms with E-state index in [1.807, 2.05) is 42.5 Å². The number of ether oxygens (including phenoxy) is 4. The Morgan fingerprint density at radius 1 is 1.14 bits per heavy atom. The van der Waals surface area contributed by atoms with E-state index >= 15 is 0 Å². The molecule has 1 saturated heterocycles. The molecule has 0 unspecified atom stereocenters. The number of aliphatic hydroxyl groups excluding tert-OH is 1. The van der Waals surface area contributed by atoms with Crippen molar-refractivity contribution in [2.45, 2.75) is 18.6 Å². The molecule has 0 spiro atoms. The van der Waals surface area contributed by atoms with E-state index < -0.39 is 12.2 Å². The number of pyridine rings is 1. The second-order valence-electron chi connectivity index (χ2n) is 8.61. The van der Waals surface area contributed by atoms with Crippen LogP contribution in [0, 0.1) is 0 Å². The van der Waals surface area contributed by atoms with Crippen molar-refractivity contribution < 1.29 is 28.8 Å². The predicted molar refractivity (Wildman–Crippen MR) is 130 cm³/mol. The number of amides is 1. The van der Waals surface area contributed by atoms with Crippen LogP contribution < -0.4 is 19.5 Å². The second kappa shape index (κ2) is 8.72. The maximum Gasteiger partial charge on any atom is 0.251 e. The van der Waals surface area contributed by atoms with E-state index in [-0.39, 0.29) is 12.5 Å². The lowest BCUT2D eigenvalue weighted by atomic mass is 10.0. The van der Waals surface area contributed by atoms with Crippen molar-refractivity contribution in [1.82, 2.24) is 10.3 Å². The van der Waals surface area contributed by atoms with Gasteiger partial charge in [0.05, 0.1) is 30.7 Å². The largest absolute Gasteiger partial charge is 0.489 e. The number of hydrogen-bond donors (Lipinski definition) is 2. The molecule has 2 aliphatic heterocycles. The number of nitrogens with zero attached hydrogens (tertiary/aromatic N) is 1. The second-order valence-corrected chi connectivity index (χ2v) is 8.61. The molecule has 8 heteroatoms. The first-order valence-electron chi connectivity index (χ1n) is 11.5. The van der Waals surface area contributed by atoms with Crippen molar-refractivity contribution in [3.8, 4) is 23.0 Å². The molecule has 3 heterocycles. The van der Waals surface area contributed by atoms with E-state index in [0.717, 1.165) is 27.2 Å². The highest BCUT2D eigenvalue weighted by atomic mass is 16.6. The van der Waals surface area contributed by atoms with E-state index in [4.69, 9.17) is 18.9 Å². The van der Waals surface area contributed by atoms with Crippen LogP contribution in [0.15, 0.2) is 54.7 Å². The van der Waals surface area contributed by atoms with Gasteiger partial charge in [0.25, 0.3) is 5.91 Å². The Kier molecular flexibility index (Phi) is 5.39. The van der Waals surface area contributed by atoms with Crippen LogP contribution in [0.4, 0.5) is 0 Å². The van der Waals surface area contributed by atoms with Crippen LogP contribution in [0.5, 0.6) is 23.0 Å². The van der Waals surface area contributed by atoms with Gasteiger partial charge in [-0.2, -0.15) is 0 Å². The van der Waals surface area contributed by atoms with Crippen molar-refractivity contribution in [3.63, 3.8) is 0 Å². The van der Waals surface area contributed by atoms with Crippen LogP contribution in [0.25, 0.3) is 21.7 Å². The lowest BCUT2D eigenvalue weighted by Gasteiger charge is -2.19. The van der Waals surface area contributed by atoms with Crippen LogP contribution in [-0.4, -0.2) is 55.1 Å². The average Bonchev–Trinajstić information content (AvgIpc) is 3.52. The fraction of sp³-hybridized carbons (Fsp3) is 0.259. The molecular weight excluding hydrogens is 448 g/mol. The molecule has 1 fully saturated rings. The summed E-state index contributed by atoms with van der Waals surface area (Å²) in [6.45, 7) is 1.11. The summed E-state index contributed by atoms with van der Waals surface area (Å²) in [6.07, 6.45) is 1.27. The summed E-state index contributed by atoms with van der Waals surface area (Å²) in [5.74, 6) is 2.39. The van der Waals surface area contributed by atoms with Gasteiger partial charge in [0.1, 0.15) is 17.6 Å². The molecular formula is C27H24N2O6. The third-order valence-electron chi connectivity index (χ3n) is 6.44. The highest BCUT2D eigenvalue weighted by Crippen LogP contribution is 2.45. The molecule has 1 aromatic heterocycles. The van der Waals surface area contributed by atoms with Crippen molar-refractivity contribution in [2.75, 3.05) is 26.9 Å². The minimum Gasteiger partial charge on any atom is -0.489 e. The third kappa shape index (κ3) is 3.80. The quantitative estimate of drug-likeness (QED) is 0.458. The summed E-state index contributed by atoms with van der Waals surface area (Å²) in [5.41, 5.74) is 2.31. The van der Waals surface area contributed by atoms with Gasteiger partial charge < -0.3 is 29.4 Å². The van der Waals surface area contributed by atoms with Crippen LogP contribution >= 0.6 is 0 Å². The average molecular weight is 472 g/mol. The molecule has 35 heavy (non-hydrogen) atoms. The first-order chi connectivity index (χ1) is 17.1. The summed E-state index contributed by atoms with van der Waals surface area (Å²) in [7, 11) is 1.62. The van der Waals surface area contributed by atoms with Gasteiger partial charge in [-0.25, -0.2) is 0 Å². The minimum atomic E-state index is -0.679. The zero-order valence-electron chi connectivity index (χ0n) is 19.1. The Morgan fingerprint density at radius 3 is 2.89 bits per heavy atom. The molecule has 3 aromatic carbocycles. The third-order valence-corrected chi connectivity index (χ3v) is 6.44. The molecule has 0 saturated carbocycles. The molecule has 6 rings (SSSR count). The zero-order chi connectivity index (χ0) is 23.9. The molecule has 8 nitrogen and oxygen atoms in total. The fourth-order valence-corrected chi connectivity index (χ4v) is 4.73. The highest BCUT2D eigenvalue weighted by molar-refractivity contribution is 6.07. The van der Waals surface area contributed by atoms with E-state index in [1.54, 1.807) is 19.3 Å². The fourth-order valence-electron chi connectivity index (χ4n) is 4.73. The molecule has 1 amide bonds. The van der Waals surface area contributed by atoms with Crippen LogP contribution in [0.1, 0.15) is 15.9 Å². The molecule has 0 aliphatic carbocycles. The Morgan fingerprint density at radius 2 is 2.06 bits per heavy atom. The van der Waals surface area contributed by atoms with Crippen LogP contribution in [0.2, 0.25) is 0 Å². The summed E-state index contributed by atoms with van der Waals surface area (Å²) < 4.78 is 23.7. The van der Waals surface area contributed by atoms with Gasteiger partial charge in [0.15, 0.2) is 17.6 Å². The topological polar surface area (TPSA) is 99.1 Å². The molecule has 178 valence electrons. The number of hydrogen-bond acceptors (Lipinski definition) is 7. The van der Waals surface area contributed by atoms with Gasteiger partial charge in [-0.15, -0.1) is 0 Å². The molecule has 0 bridgehead atoms. The number of fused-ring (bicyclic) bond motifs is 4. The van der Waals surface area contributed by atoms with Gasteiger partial charge in [-0.1, -0.05) is 12.1 Å². The lowest BCUT2D eigenvalue weighted by Crippen LogP contribution is -2.29. The summed E-state index contributed by atoms with van der Waals surface area (Å²) >= 11 is 0. The Labute approximate surface area is 201 Å². The maximum absolute atomic E-state index is 12.2. The highest BCUT2D eigenvalue weighted by Gasteiger charge is 2.31. The first kappa shape index (κ1) is 21.6. The standard InChI is InChI=1S/C27H24N2O6/c1-28-27(31)18-4-2-3-15-11-16(5-6-17(15)18)34-22-7-9-29-20-12-23(35-24-14-32-13-21(24)30)26-19(25(20)22)8-10-33-26/h2-7,9,11-12,21,24,30H,8,10,13-14H2,1H3,(H,28,31)/t21-,24-/m0/s1. The molecule has 4 aromatic rings. The van der Waals surface area contributed by atoms with Gasteiger partial charge in [-0.3, -0.25) is 9.78 Å². The Balaban J connectivity index is 1.39. The smallest absolute Gasteiger partial charge is 0.251 e. The Bertz CT molecular complexity index is 1450. The lowest BCUT2D eigenvalue weighted by molar-refractivity contribution is 0.0715. The number of nitrogens with one attached hydrogen (secondary N) is 1. The van der Waals surface area contributed by atoms with E-state index in [0.29, 0.717) is 48.2 Å². The molecule has 2 N–H and O–H groups in total. The monoisotopic (exact) mass is 472 g/mol. The number of aliphatic hydroxyl groups is 1. The molecule has 2 atom stereocenters. The maximum atomic E-state index is 12.2. The number of rotatable bonds is 5. The van der Waals surface area contributed by atoms with Crippen molar-refractivity contribution in [3.05, 3.63) is 65.9 Å². The summed E-state index contributed by atoms with van der Waals surface area (Å²) in [5, 5.41) is 15.4. The Hall–Kier alpha value is -3.88. The van der Waals surface area contributed by atoms with Crippen LogP contribution in [0.3, 0.4) is 0 Å². The normalized spacial score (nSPS) is 18.9. The van der Waals surface area contributed by atoms with E-state index in [2.05, 4.69) is 10.3 Å². The number of carbonyl (C=O) groups is 1. The summed E-state index contributed by atoms with van der Waals surface area (Å²) in [4.78, 5) is 16.8. The minimum absolute atomic E-state index is 0.130. The zero-order valence-corrected chi connectivity index (χ0v) is 19.1. The predicted octanol–water partition coefficient (Wildman–Crippen LogP) is 3.61. The van der Waals surface area contributed by atoms with E-state index in [9.17, 15) is 9.90 Å². The number of carbonyl (C=O) groups excluding carboxylic acids is 1. The van der Waals surface area contributed by atoms with E-state index in [1.165, 1.54) is 0 Å². The van der Waals surface area contributed by atoms with Crippen molar-refractivity contribution >= 4 is 27.6 Å². The number of aromatic nitrogens is 1. The summed E-state index contributed by atoms with van der Waals surface area (Å²) in [6, 6.07) is 15.0. The van der Waals surface area contributed by atoms with Gasteiger partial charge >= 0.3 is 0 Å². The van der Waals surface area contributed by atoms with Gasteiger partial charge in [0.2, 0.25) is 0 Å². The van der Waals surface area contributed by atoms with Gasteiger partial charge in [0, 0.05) is 36.9 Å². The van der Waals surface area contributed by atoms with Gasteiger partial charge in [-0.05, 0) is 41.1 Å². The molecule has 0 radical (unpaired) electrons. The SMILES string of the molecule is CNC(=O)c1cccc2cc(Oc3ccnc4cc(O[C@H]5COC[C@@H]5O)c5c(c34)CCO5)ccc12. The first-order valence-corrected chi connectivity index (χ1v) is 11.5. The van der Waals surface area contributed by atoms with Crippen molar-refractivity contribution in [1.29, 1.82) is 0 Å².